The third kappa shape index (κ3) is 3.13. The zero-order valence-electron chi connectivity index (χ0n) is 14.5. The lowest BCUT2D eigenvalue weighted by molar-refractivity contribution is -0.156. The van der Waals surface area contributed by atoms with Gasteiger partial charge in [-0.1, -0.05) is 72.3 Å². The van der Waals surface area contributed by atoms with Crippen LogP contribution in [0.4, 0.5) is 0 Å². The number of nitrogens with zero attached hydrogens (tertiary/aromatic N) is 1. The molecule has 27 heavy (non-hydrogen) atoms. The highest BCUT2D eigenvalue weighted by molar-refractivity contribution is 6.32. The van der Waals surface area contributed by atoms with Crippen molar-refractivity contribution in [1.29, 1.82) is 0 Å². The van der Waals surface area contributed by atoms with Crippen LogP contribution in [0.15, 0.2) is 71.4 Å². The molecule has 1 amide bonds. The van der Waals surface area contributed by atoms with Crippen LogP contribution in [0.5, 0.6) is 0 Å². The Morgan fingerprint density at radius 1 is 1.07 bits per heavy atom. The summed E-state index contributed by atoms with van der Waals surface area (Å²) in [5.41, 5.74) is 7.66. The number of nitrogens with two attached hydrogens (primary N) is 1. The van der Waals surface area contributed by atoms with E-state index >= 15 is 0 Å². The largest absolute Gasteiger partial charge is 0.448 e. The van der Waals surface area contributed by atoms with Crippen molar-refractivity contribution in [3.63, 3.8) is 0 Å². The number of allylic oxidation sites excluding steroid dienone is 1. The smallest absolute Gasteiger partial charge is 0.357 e. The number of β-lactam (4-membered cyclic amide) rings is 1. The Bertz CT molecular complexity index is 859. The van der Waals surface area contributed by atoms with E-state index in [1.54, 1.807) is 0 Å². The molecule has 2 aromatic rings. The lowest BCUT2D eigenvalue weighted by Crippen LogP contribution is -2.69. The van der Waals surface area contributed by atoms with Gasteiger partial charge in [-0.3, -0.25) is 9.69 Å². The standard InChI is InChI=1S/C21H19ClN2O3/c22-15-11-12-16-17(23)20(25)24(16)18(15)21(26)27-19(13-7-3-1-4-8-13)14-9-5-2-6-10-14/h1-10,16-17,19H,11-12,23H2. The van der Waals surface area contributed by atoms with Crippen LogP contribution in [0.25, 0.3) is 0 Å². The third-order valence-electron chi connectivity index (χ3n) is 5.05. The Hall–Kier alpha value is -2.63. The lowest BCUT2D eigenvalue weighted by atomic mass is 9.87. The van der Waals surface area contributed by atoms with Crippen molar-refractivity contribution in [2.24, 2.45) is 5.73 Å². The Labute approximate surface area is 162 Å². The molecule has 1 saturated heterocycles. The van der Waals surface area contributed by atoms with Crippen LogP contribution in [0.1, 0.15) is 30.1 Å². The maximum atomic E-state index is 13.0. The van der Waals surface area contributed by atoms with E-state index in [0.29, 0.717) is 17.9 Å². The molecule has 1 fully saturated rings. The van der Waals surface area contributed by atoms with Crippen LogP contribution in [-0.2, 0) is 14.3 Å². The van der Waals surface area contributed by atoms with Crippen LogP contribution < -0.4 is 5.73 Å². The molecule has 0 aromatic heterocycles. The number of rotatable bonds is 4. The van der Waals surface area contributed by atoms with Crippen molar-refractivity contribution < 1.29 is 14.3 Å². The molecule has 138 valence electrons. The van der Waals surface area contributed by atoms with Gasteiger partial charge in [0.1, 0.15) is 11.7 Å². The Balaban J connectivity index is 1.65. The van der Waals surface area contributed by atoms with Crippen LogP contribution >= 0.6 is 11.6 Å². The van der Waals surface area contributed by atoms with E-state index in [0.717, 1.165) is 11.1 Å². The van der Waals surface area contributed by atoms with Gasteiger partial charge in [-0.15, -0.1) is 0 Å². The third-order valence-corrected chi connectivity index (χ3v) is 5.42. The predicted molar refractivity (Wildman–Crippen MR) is 102 cm³/mol. The Morgan fingerprint density at radius 2 is 1.63 bits per heavy atom. The average Bonchev–Trinajstić information content (AvgIpc) is 2.72. The van der Waals surface area contributed by atoms with Gasteiger partial charge in [0.15, 0.2) is 6.10 Å². The number of esters is 1. The number of carbonyl (C=O) groups is 2. The van der Waals surface area contributed by atoms with E-state index in [1.807, 2.05) is 60.7 Å². The molecule has 2 aliphatic rings. The van der Waals surface area contributed by atoms with E-state index in [9.17, 15) is 9.59 Å². The van der Waals surface area contributed by atoms with Crippen molar-refractivity contribution in [3.8, 4) is 0 Å². The molecule has 0 spiro atoms. The molecule has 0 aliphatic carbocycles. The van der Waals surface area contributed by atoms with Gasteiger partial charge in [0, 0.05) is 5.03 Å². The highest BCUT2D eigenvalue weighted by Crippen LogP contribution is 2.39. The molecule has 6 heteroatoms. The predicted octanol–water partition coefficient (Wildman–Crippen LogP) is 3.10. The molecule has 0 saturated carbocycles. The van der Waals surface area contributed by atoms with Crippen LogP contribution in [-0.4, -0.2) is 28.9 Å². The van der Waals surface area contributed by atoms with Crippen molar-refractivity contribution in [3.05, 3.63) is 82.5 Å². The number of halogens is 1. The van der Waals surface area contributed by atoms with Crippen molar-refractivity contribution in [2.45, 2.75) is 31.0 Å². The minimum atomic E-state index is -0.609. The van der Waals surface area contributed by atoms with Gasteiger partial charge >= 0.3 is 5.97 Å². The first kappa shape index (κ1) is 17.8. The first-order valence-corrected chi connectivity index (χ1v) is 9.24. The van der Waals surface area contributed by atoms with E-state index in [2.05, 4.69) is 0 Å². The molecule has 2 unspecified atom stereocenters. The summed E-state index contributed by atoms with van der Waals surface area (Å²) in [5.74, 6) is -0.900. The lowest BCUT2D eigenvalue weighted by Gasteiger charge is -2.48. The molecule has 2 aliphatic heterocycles. The Kier molecular flexibility index (Phi) is 4.72. The number of carbonyl (C=O) groups excluding carboxylic acids is 2. The van der Waals surface area contributed by atoms with Crippen LogP contribution in [0, 0.1) is 0 Å². The molecular weight excluding hydrogens is 364 g/mol. The molecule has 2 N–H and O–H groups in total. The van der Waals surface area contributed by atoms with E-state index in [-0.39, 0.29) is 17.6 Å². The number of hydrogen-bond donors (Lipinski definition) is 1. The first-order chi connectivity index (χ1) is 13.1. The highest BCUT2D eigenvalue weighted by Gasteiger charge is 2.51. The van der Waals surface area contributed by atoms with Gasteiger partial charge < -0.3 is 10.5 Å². The number of ether oxygens (including phenoxy) is 1. The fraction of sp³-hybridized carbons (Fsp3) is 0.238. The zero-order chi connectivity index (χ0) is 19.0. The second-order valence-corrected chi connectivity index (χ2v) is 7.16. The summed E-state index contributed by atoms with van der Waals surface area (Å²) in [4.78, 5) is 26.6. The minimum absolute atomic E-state index is 0.122. The van der Waals surface area contributed by atoms with E-state index in [4.69, 9.17) is 22.1 Å². The van der Waals surface area contributed by atoms with Crippen LogP contribution in [0.3, 0.4) is 0 Å². The molecule has 0 bridgehead atoms. The highest BCUT2D eigenvalue weighted by atomic mass is 35.5. The summed E-state index contributed by atoms with van der Waals surface area (Å²) in [7, 11) is 0. The summed E-state index contributed by atoms with van der Waals surface area (Å²) in [6.07, 6.45) is 0.570. The van der Waals surface area contributed by atoms with Crippen LogP contribution in [0.2, 0.25) is 0 Å². The van der Waals surface area contributed by atoms with Gasteiger partial charge in [-0.25, -0.2) is 4.79 Å². The topological polar surface area (TPSA) is 72.6 Å². The summed E-state index contributed by atoms with van der Waals surface area (Å²) in [5, 5.41) is 0.344. The fourth-order valence-corrected chi connectivity index (χ4v) is 3.91. The minimum Gasteiger partial charge on any atom is -0.448 e. The quantitative estimate of drug-likeness (QED) is 0.651. The summed E-state index contributed by atoms with van der Waals surface area (Å²) >= 11 is 6.30. The maximum absolute atomic E-state index is 13.0. The fourth-order valence-electron chi connectivity index (χ4n) is 3.63. The van der Waals surface area contributed by atoms with E-state index in [1.165, 1.54) is 4.90 Å². The molecule has 4 rings (SSSR count). The second kappa shape index (κ2) is 7.18. The normalized spacial score (nSPS) is 21.7. The van der Waals surface area contributed by atoms with Crippen molar-refractivity contribution >= 4 is 23.5 Å². The summed E-state index contributed by atoms with van der Waals surface area (Å²) in [6, 6.07) is 18.2. The average molecular weight is 383 g/mol. The van der Waals surface area contributed by atoms with Gasteiger partial charge in [-0.2, -0.15) is 0 Å². The van der Waals surface area contributed by atoms with Crippen molar-refractivity contribution in [2.75, 3.05) is 0 Å². The van der Waals surface area contributed by atoms with Gasteiger partial charge in [-0.05, 0) is 24.0 Å². The number of hydrogen-bond acceptors (Lipinski definition) is 4. The Morgan fingerprint density at radius 3 is 2.19 bits per heavy atom. The first-order valence-electron chi connectivity index (χ1n) is 8.86. The molecule has 2 heterocycles. The number of fused-ring (bicyclic) bond motifs is 1. The summed E-state index contributed by atoms with van der Waals surface area (Å²) < 4.78 is 5.85. The van der Waals surface area contributed by atoms with Crippen molar-refractivity contribution in [1.82, 2.24) is 4.90 Å². The van der Waals surface area contributed by atoms with Gasteiger partial charge in [0.05, 0.1) is 6.04 Å². The van der Waals surface area contributed by atoms with E-state index < -0.39 is 18.1 Å². The second-order valence-electron chi connectivity index (χ2n) is 6.70. The number of benzene rings is 2. The number of amides is 1. The van der Waals surface area contributed by atoms with Gasteiger partial charge in [0.2, 0.25) is 5.91 Å². The maximum Gasteiger partial charge on any atom is 0.357 e. The molecule has 5 nitrogen and oxygen atoms in total. The molecule has 0 radical (unpaired) electrons. The van der Waals surface area contributed by atoms with Gasteiger partial charge in [0.25, 0.3) is 0 Å². The zero-order valence-corrected chi connectivity index (χ0v) is 15.3. The molecule has 2 atom stereocenters. The monoisotopic (exact) mass is 382 g/mol. The molecular formula is C21H19ClN2O3. The summed E-state index contributed by atoms with van der Waals surface area (Å²) in [6.45, 7) is 0. The molecule has 2 aromatic carbocycles. The SMILES string of the molecule is NC1C(=O)N2C(C(=O)OC(c3ccccc3)c3ccccc3)=C(Cl)CCC12.